The number of hydrogen-bond donors (Lipinski definition) is 2. The number of rotatable bonds is 6. The first-order valence-electron chi connectivity index (χ1n) is 11.0. The molecule has 0 bridgehead atoms. The SMILES string of the molecule is CC(F)(F)C(O)(CC(=O)N1CC(S(=O)(=O)N2CCC(c3c[nH]c4ncccc34)CC2)C1)C(F)(F)F. The Labute approximate surface area is 198 Å². The molecular formula is C21H25F5N4O4S. The van der Waals surface area contributed by atoms with Crippen LogP contribution in [0.25, 0.3) is 11.0 Å². The minimum atomic E-state index is -5.75. The fourth-order valence-electron chi connectivity index (χ4n) is 4.61. The molecule has 1 unspecified atom stereocenters. The quantitative estimate of drug-likeness (QED) is 0.566. The van der Waals surface area contributed by atoms with Crippen molar-refractivity contribution in [3.63, 3.8) is 0 Å². The van der Waals surface area contributed by atoms with Crippen LogP contribution in [0.15, 0.2) is 24.5 Å². The number of piperidine rings is 1. The number of pyridine rings is 1. The molecule has 0 spiro atoms. The number of nitrogens with zero attached hydrogens (tertiary/aromatic N) is 3. The molecule has 2 aliphatic rings. The Balaban J connectivity index is 1.35. The van der Waals surface area contributed by atoms with Crippen molar-refractivity contribution in [1.82, 2.24) is 19.2 Å². The Hall–Kier alpha value is -2.32. The summed E-state index contributed by atoms with van der Waals surface area (Å²) in [5.74, 6) is -5.89. The standard InChI is InChI=1S/C21H25F5N4O4S/c1-19(22,23)20(32,21(24,25)26)9-17(31)29-11-14(12-29)35(33,34)30-7-4-13(5-8-30)16-10-28-18-15(16)3-2-6-27-18/h2-3,6,10,13-14,32H,4-5,7-9,11-12H2,1H3,(H,27,28). The molecule has 2 aromatic heterocycles. The summed E-state index contributed by atoms with van der Waals surface area (Å²) in [6, 6.07) is 3.76. The Kier molecular flexibility index (Phi) is 6.37. The molecule has 0 radical (unpaired) electrons. The summed E-state index contributed by atoms with van der Waals surface area (Å²) in [5.41, 5.74) is -2.74. The Morgan fingerprint density at radius 2 is 1.83 bits per heavy atom. The lowest BCUT2D eigenvalue weighted by molar-refractivity contribution is -0.327. The molecule has 0 saturated carbocycles. The summed E-state index contributed by atoms with van der Waals surface area (Å²) in [5, 5.41) is 9.50. The second-order valence-electron chi connectivity index (χ2n) is 9.21. The first-order chi connectivity index (χ1) is 16.1. The molecule has 0 aromatic carbocycles. The summed E-state index contributed by atoms with van der Waals surface area (Å²) in [7, 11) is -3.84. The van der Waals surface area contributed by atoms with E-state index in [2.05, 4.69) is 9.97 Å². The van der Waals surface area contributed by atoms with E-state index in [0.717, 1.165) is 21.5 Å². The lowest BCUT2D eigenvalue weighted by Gasteiger charge is -2.44. The van der Waals surface area contributed by atoms with E-state index >= 15 is 0 Å². The number of hydrogen-bond acceptors (Lipinski definition) is 5. The number of carbonyl (C=O) groups excluding carboxylic acids is 1. The number of fused-ring (bicyclic) bond motifs is 1. The average molecular weight is 525 g/mol. The molecule has 194 valence electrons. The number of aliphatic hydroxyl groups is 1. The van der Waals surface area contributed by atoms with Crippen LogP contribution in [0.2, 0.25) is 0 Å². The zero-order valence-corrected chi connectivity index (χ0v) is 19.5. The van der Waals surface area contributed by atoms with Gasteiger partial charge in [0.2, 0.25) is 21.5 Å². The van der Waals surface area contributed by atoms with Crippen LogP contribution in [0.3, 0.4) is 0 Å². The van der Waals surface area contributed by atoms with Gasteiger partial charge in [0.25, 0.3) is 5.92 Å². The van der Waals surface area contributed by atoms with Crippen LogP contribution in [0, 0.1) is 0 Å². The third-order valence-electron chi connectivity index (χ3n) is 6.96. The summed E-state index contributed by atoms with van der Waals surface area (Å²) in [6.45, 7) is -0.481. The van der Waals surface area contributed by atoms with Crippen molar-refractivity contribution in [2.24, 2.45) is 0 Å². The normalized spacial score (nSPS) is 21.2. The number of likely N-dealkylation sites (tertiary alicyclic amines) is 1. The van der Waals surface area contributed by atoms with Crippen molar-refractivity contribution >= 4 is 27.0 Å². The van der Waals surface area contributed by atoms with Gasteiger partial charge in [0, 0.05) is 50.9 Å². The van der Waals surface area contributed by atoms with Gasteiger partial charge >= 0.3 is 6.18 Å². The lowest BCUT2D eigenvalue weighted by atomic mass is 9.90. The van der Waals surface area contributed by atoms with Crippen molar-refractivity contribution in [2.75, 3.05) is 26.2 Å². The predicted octanol–water partition coefficient (Wildman–Crippen LogP) is 2.62. The van der Waals surface area contributed by atoms with Gasteiger partial charge in [-0.3, -0.25) is 4.79 Å². The van der Waals surface area contributed by atoms with Gasteiger partial charge in [-0.15, -0.1) is 0 Å². The van der Waals surface area contributed by atoms with Gasteiger partial charge in [-0.2, -0.15) is 13.2 Å². The Morgan fingerprint density at radius 1 is 1.20 bits per heavy atom. The molecule has 8 nitrogen and oxygen atoms in total. The predicted molar refractivity (Wildman–Crippen MR) is 115 cm³/mol. The number of nitrogens with one attached hydrogen (secondary N) is 1. The second kappa shape index (κ2) is 8.66. The molecular weight excluding hydrogens is 499 g/mol. The fourth-order valence-corrected chi connectivity index (χ4v) is 6.49. The number of H-pyrrole nitrogens is 1. The van der Waals surface area contributed by atoms with E-state index < -0.39 is 58.4 Å². The van der Waals surface area contributed by atoms with Gasteiger partial charge in [0.15, 0.2) is 0 Å². The van der Waals surface area contributed by atoms with Crippen LogP contribution in [0.1, 0.15) is 37.7 Å². The van der Waals surface area contributed by atoms with E-state index in [9.17, 15) is 40.3 Å². The van der Waals surface area contributed by atoms with E-state index in [0.29, 0.717) is 12.8 Å². The van der Waals surface area contributed by atoms with E-state index in [1.807, 2.05) is 18.3 Å². The molecule has 2 fully saturated rings. The molecule has 35 heavy (non-hydrogen) atoms. The second-order valence-corrected chi connectivity index (χ2v) is 11.4. The maximum Gasteiger partial charge on any atom is 0.423 e. The van der Waals surface area contributed by atoms with Gasteiger partial charge in [-0.25, -0.2) is 26.5 Å². The van der Waals surface area contributed by atoms with Crippen LogP contribution < -0.4 is 0 Å². The average Bonchev–Trinajstić information content (AvgIpc) is 3.15. The van der Waals surface area contributed by atoms with Gasteiger partial charge in [-0.1, -0.05) is 0 Å². The van der Waals surface area contributed by atoms with E-state index in [-0.39, 0.29) is 25.9 Å². The molecule has 4 heterocycles. The molecule has 0 aliphatic carbocycles. The highest BCUT2D eigenvalue weighted by Crippen LogP contribution is 2.45. The zero-order valence-electron chi connectivity index (χ0n) is 18.7. The van der Waals surface area contributed by atoms with Crippen molar-refractivity contribution in [2.45, 2.75) is 55.1 Å². The van der Waals surface area contributed by atoms with Crippen molar-refractivity contribution in [3.8, 4) is 0 Å². The Morgan fingerprint density at radius 3 is 2.40 bits per heavy atom. The number of amides is 1. The molecule has 2 aromatic rings. The monoisotopic (exact) mass is 524 g/mol. The van der Waals surface area contributed by atoms with Crippen LogP contribution >= 0.6 is 0 Å². The van der Waals surface area contributed by atoms with Gasteiger partial charge in [0.05, 0.1) is 6.42 Å². The summed E-state index contributed by atoms with van der Waals surface area (Å²) < 4.78 is 93.4. The van der Waals surface area contributed by atoms with Crippen molar-refractivity contribution < 1.29 is 40.3 Å². The van der Waals surface area contributed by atoms with E-state index in [4.69, 9.17) is 0 Å². The summed E-state index contributed by atoms with van der Waals surface area (Å²) >= 11 is 0. The largest absolute Gasteiger partial charge is 0.423 e. The van der Waals surface area contributed by atoms with E-state index in [1.54, 1.807) is 6.20 Å². The fraction of sp³-hybridized carbons (Fsp3) is 0.619. The molecule has 2 saturated heterocycles. The smallest absolute Gasteiger partial charge is 0.375 e. The lowest BCUT2D eigenvalue weighted by Crippen LogP contribution is -2.64. The first kappa shape index (κ1) is 25.8. The number of aromatic amines is 1. The third kappa shape index (κ3) is 4.51. The molecule has 14 heteroatoms. The van der Waals surface area contributed by atoms with Gasteiger partial charge in [-0.05, 0) is 36.5 Å². The number of alkyl halides is 5. The highest BCUT2D eigenvalue weighted by Gasteiger charge is 2.68. The number of carbonyl (C=O) groups is 1. The summed E-state index contributed by atoms with van der Waals surface area (Å²) in [4.78, 5) is 20.3. The minimum Gasteiger partial charge on any atom is -0.375 e. The zero-order chi connectivity index (χ0) is 25.8. The van der Waals surface area contributed by atoms with Gasteiger partial charge in [0.1, 0.15) is 10.9 Å². The molecule has 1 atom stereocenters. The highest BCUT2D eigenvalue weighted by atomic mass is 32.2. The summed E-state index contributed by atoms with van der Waals surface area (Å²) in [6.07, 6.45) is -2.99. The van der Waals surface area contributed by atoms with Crippen molar-refractivity contribution in [1.29, 1.82) is 0 Å². The van der Waals surface area contributed by atoms with Crippen molar-refractivity contribution in [3.05, 3.63) is 30.1 Å². The van der Waals surface area contributed by atoms with Crippen LogP contribution in [0.5, 0.6) is 0 Å². The molecule has 1 amide bonds. The number of halogens is 5. The number of sulfonamides is 1. The minimum absolute atomic E-state index is 0.118. The maximum atomic E-state index is 13.5. The third-order valence-corrected chi connectivity index (χ3v) is 9.19. The topological polar surface area (TPSA) is 107 Å². The number of aromatic nitrogens is 2. The Bertz CT molecular complexity index is 1180. The molecule has 2 N–H and O–H groups in total. The first-order valence-corrected chi connectivity index (χ1v) is 12.5. The van der Waals surface area contributed by atoms with E-state index in [1.165, 1.54) is 4.31 Å². The molecule has 4 rings (SSSR count). The van der Waals surface area contributed by atoms with Crippen LogP contribution in [-0.2, 0) is 14.8 Å². The van der Waals surface area contributed by atoms with Crippen LogP contribution in [0.4, 0.5) is 22.0 Å². The molecule has 2 aliphatic heterocycles. The maximum absolute atomic E-state index is 13.5. The van der Waals surface area contributed by atoms with Gasteiger partial charge < -0.3 is 15.0 Å². The highest BCUT2D eigenvalue weighted by molar-refractivity contribution is 7.89. The van der Waals surface area contributed by atoms with Crippen LogP contribution in [-0.4, -0.2) is 87.7 Å².